The number of nitrogens with one attached hydrogen (secondary N) is 1. The van der Waals surface area contributed by atoms with E-state index < -0.39 is 15.9 Å². The molecule has 0 spiro atoms. The molecule has 3 rings (SSSR count). The van der Waals surface area contributed by atoms with Gasteiger partial charge in [0.1, 0.15) is 17.3 Å². The van der Waals surface area contributed by atoms with Crippen LogP contribution in [-0.4, -0.2) is 27.6 Å². The zero-order chi connectivity index (χ0) is 21.0. The van der Waals surface area contributed by atoms with Gasteiger partial charge in [-0.15, -0.1) is 0 Å². The maximum absolute atomic E-state index is 12.3. The number of rotatable bonds is 6. The lowest BCUT2D eigenvalue weighted by Gasteiger charge is -2.07. The molecule has 1 amide bonds. The minimum Gasteiger partial charge on any atom is -0.496 e. The Balaban J connectivity index is 1.69. The van der Waals surface area contributed by atoms with E-state index in [4.69, 9.17) is 14.3 Å². The molecule has 1 heterocycles. The molecule has 0 saturated carbocycles. The van der Waals surface area contributed by atoms with Crippen molar-refractivity contribution < 1.29 is 22.4 Å². The van der Waals surface area contributed by atoms with Crippen molar-refractivity contribution in [1.29, 1.82) is 0 Å². The molecular weight excluding hydrogens is 394 g/mol. The van der Waals surface area contributed by atoms with Gasteiger partial charge in [0.15, 0.2) is 0 Å². The summed E-state index contributed by atoms with van der Waals surface area (Å²) in [6.07, 6.45) is 1.36. The van der Waals surface area contributed by atoms with E-state index in [-0.39, 0.29) is 4.90 Å². The molecule has 0 aliphatic carbocycles. The highest BCUT2D eigenvalue weighted by Gasteiger charge is 2.12. The summed E-state index contributed by atoms with van der Waals surface area (Å²) in [6, 6.07) is 14.6. The fraction of sp³-hybridized carbons (Fsp3) is 0.100. The molecule has 150 valence electrons. The summed E-state index contributed by atoms with van der Waals surface area (Å²) in [4.78, 5) is 12.3. The van der Waals surface area contributed by atoms with Gasteiger partial charge >= 0.3 is 0 Å². The van der Waals surface area contributed by atoms with Gasteiger partial charge < -0.3 is 9.15 Å². The zero-order valence-electron chi connectivity index (χ0n) is 15.7. The Morgan fingerprint density at radius 2 is 1.86 bits per heavy atom. The Morgan fingerprint density at radius 3 is 2.52 bits per heavy atom. The van der Waals surface area contributed by atoms with Crippen molar-refractivity contribution >= 4 is 22.1 Å². The Bertz CT molecular complexity index is 1170. The second kappa shape index (κ2) is 8.29. The maximum atomic E-state index is 12.3. The van der Waals surface area contributed by atoms with Gasteiger partial charge in [0.25, 0.3) is 5.91 Å². The van der Waals surface area contributed by atoms with Crippen LogP contribution in [0, 0.1) is 6.92 Å². The third-order valence-corrected chi connectivity index (χ3v) is 4.98. The van der Waals surface area contributed by atoms with Crippen LogP contribution in [-0.2, 0) is 10.0 Å². The first-order chi connectivity index (χ1) is 13.8. The van der Waals surface area contributed by atoms with Crippen molar-refractivity contribution in [2.24, 2.45) is 10.2 Å². The fourth-order valence-corrected chi connectivity index (χ4v) is 3.10. The molecule has 29 heavy (non-hydrogen) atoms. The first kappa shape index (κ1) is 20.3. The average Bonchev–Trinajstić information content (AvgIpc) is 3.16. The Hall–Kier alpha value is -3.43. The number of amides is 1. The molecule has 9 heteroatoms. The molecule has 0 radical (unpaired) electrons. The molecule has 3 aromatic rings. The highest BCUT2D eigenvalue weighted by atomic mass is 32.2. The van der Waals surface area contributed by atoms with Crippen molar-refractivity contribution in [3.63, 3.8) is 0 Å². The van der Waals surface area contributed by atoms with Crippen LogP contribution in [0.4, 0.5) is 0 Å². The van der Waals surface area contributed by atoms with Crippen molar-refractivity contribution in [2.75, 3.05) is 7.11 Å². The van der Waals surface area contributed by atoms with Crippen LogP contribution in [0.2, 0.25) is 0 Å². The number of hydrazone groups is 1. The smallest absolute Gasteiger partial charge is 0.275 e. The van der Waals surface area contributed by atoms with E-state index in [0.717, 1.165) is 5.56 Å². The highest BCUT2D eigenvalue weighted by molar-refractivity contribution is 7.89. The lowest BCUT2D eigenvalue weighted by molar-refractivity contribution is 0.0952. The first-order valence-corrected chi connectivity index (χ1v) is 10.0. The number of benzene rings is 2. The largest absolute Gasteiger partial charge is 0.496 e. The first-order valence-electron chi connectivity index (χ1n) is 8.49. The summed E-state index contributed by atoms with van der Waals surface area (Å²) < 4.78 is 33.5. The lowest BCUT2D eigenvalue weighted by Crippen LogP contribution is -2.18. The van der Waals surface area contributed by atoms with Crippen LogP contribution in [0.1, 0.15) is 21.7 Å². The van der Waals surface area contributed by atoms with Crippen LogP contribution in [0.15, 0.2) is 69.0 Å². The minimum absolute atomic E-state index is 0.0174. The van der Waals surface area contributed by atoms with Crippen LogP contribution in [0.5, 0.6) is 5.75 Å². The van der Waals surface area contributed by atoms with Crippen molar-refractivity contribution in [1.82, 2.24) is 5.43 Å². The summed E-state index contributed by atoms with van der Waals surface area (Å²) >= 11 is 0. The standard InChI is InChI=1S/C20H19N3O5S/c1-13-3-9-17(19(11-13)27-2)20(24)23-22-12-15-6-10-18(28-15)14-4-7-16(8-5-14)29(21,25)26/h3-12H,1-2H3,(H,23,24)(H2,21,25,26)/b22-12-. The van der Waals surface area contributed by atoms with Crippen molar-refractivity contribution in [3.8, 4) is 17.1 Å². The SMILES string of the molecule is COc1cc(C)ccc1C(=O)N/N=C\c1ccc(-c2ccc(S(N)(=O)=O)cc2)o1. The number of hydrogen-bond acceptors (Lipinski definition) is 6. The number of methoxy groups -OCH3 is 1. The van der Waals surface area contributed by atoms with Gasteiger partial charge in [-0.25, -0.2) is 19.0 Å². The van der Waals surface area contributed by atoms with Crippen molar-refractivity contribution in [3.05, 3.63) is 71.5 Å². The van der Waals surface area contributed by atoms with Crippen molar-refractivity contribution in [2.45, 2.75) is 11.8 Å². The Labute approximate surface area is 168 Å². The quantitative estimate of drug-likeness (QED) is 0.475. The van der Waals surface area contributed by atoms with Gasteiger partial charge in [-0.3, -0.25) is 4.79 Å². The number of nitrogens with zero attached hydrogens (tertiary/aromatic N) is 1. The van der Waals surface area contributed by atoms with Crippen LogP contribution < -0.4 is 15.3 Å². The molecule has 0 atom stereocenters. The number of nitrogens with two attached hydrogens (primary N) is 1. The molecular formula is C20H19N3O5S. The number of primary sulfonamides is 1. The van der Waals surface area contributed by atoms with E-state index in [0.29, 0.717) is 28.4 Å². The lowest BCUT2D eigenvalue weighted by atomic mass is 10.1. The topological polar surface area (TPSA) is 124 Å². The van der Waals surface area contributed by atoms with Crippen LogP contribution in [0.25, 0.3) is 11.3 Å². The molecule has 2 aromatic carbocycles. The molecule has 0 unspecified atom stereocenters. The normalized spacial score (nSPS) is 11.6. The van der Waals surface area contributed by atoms with E-state index in [1.807, 2.05) is 6.92 Å². The van der Waals surface area contributed by atoms with Gasteiger partial charge in [0.2, 0.25) is 10.0 Å². The van der Waals surface area contributed by atoms with E-state index in [1.54, 1.807) is 42.5 Å². The average molecular weight is 413 g/mol. The van der Waals surface area contributed by atoms with Gasteiger partial charge in [-0.1, -0.05) is 6.07 Å². The number of carbonyl (C=O) groups is 1. The number of carbonyl (C=O) groups excluding carboxylic acids is 1. The molecule has 1 aromatic heterocycles. The summed E-state index contributed by atoms with van der Waals surface area (Å²) in [5.41, 5.74) is 4.44. The van der Waals surface area contributed by atoms with Crippen LogP contribution >= 0.6 is 0 Å². The highest BCUT2D eigenvalue weighted by Crippen LogP contribution is 2.23. The predicted molar refractivity (Wildman–Crippen MR) is 108 cm³/mol. The number of furan rings is 1. The monoisotopic (exact) mass is 413 g/mol. The van der Waals surface area contributed by atoms with E-state index in [9.17, 15) is 13.2 Å². The van der Waals surface area contributed by atoms with Gasteiger partial charge in [-0.2, -0.15) is 5.10 Å². The van der Waals surface area contributed by atoms with Crippen LogP contribution in [0.3, 0.4) is 0 Å². The Kier molecular flexibility index (Phi) is 5.81. The number of hydrogen-bond donors (Lipinski definition) is 2. The summed E-state index contributed by atoms with van der Waals surface area (Å²) in [6.45, 7) is 1.90. The van der Waals surface area contributed by atoms with Gasteiger partial charge in [0, 0.05) is 5.56 Å². The van der Waals surface area contributed by atoms with E-state index in [1.165, 1.54) is 25.5 Å². The molecule has 0 saturated heterocycles. The third kappa shape index (κ3) is 4.89. The summed E-state index contributed by atoms with van der Waals surface area (Å²) in [5, 5.41) is 8.98. The van der Waals surface area contributed by atoms with E-state index in [2.05, 4.69) is 10.5 Å². The summed E-state index contributed by atoms with van der Waals surface area (Å²) in [7, 11) is -2.25. The molecule has 0 fully saturated rings. The maximum Gasteiger partial charge on any atom is 0.275 e. The Morgan fingerprint density at radius 1 is 1.14 bits per heavy atom. The number of sulfonamides is 1. The zero-order valence-corrected chi connectivity index (χ0v) is 16.6. The van der Waals surface area contributed by atoms with E-state index >= 15 is 0 Å². The molecule has 8 nitrogen and oxygen atoms in total. The molecule has 0 aliphatic rings. The minimum atomic E-state index is -3.75. The third-order valence-electron chi connectivity index (χ3n) is 4.05. The predicted octanol–water partition coefficient (Wildman–Crippen LogP) is 2.67. The van der Waals surface area contributed by atoms with Gasteiger partial charge in [-0.05, 0) is 61.0 Å². The number of ether oxygens (including phenoxy) is 1. The summed E-state index contributed by atoms with van der Waals surface area (Å²) in [5.74, 6) is 0.968. The molecule has 3 N–H and O–H groups in total. The second-order valence-corrected chi connectivity index (χ2v) is 7.74. The number of aryl methyl sites for hydroxylation is 1. The fourth-order valence-electron chi connectivity index (χ4n) is 2.59. The second-order valence-electron chi connectivity index (χ2n) is 6.17. The molecule has 0 aliphatic heterocycles. The van der Waals surface area contributed by atoms with Gasteiger partial charge in [0.05, 0.1) is 23.8 Å². The molecule has 0 bridgehead atoms.